The van der Waals surface area contributed by atoms with Crippen LogP contribution in [0.2, 0.25) is 0 Å². The zero-order valence-corrected chi connectivity index (χ0v) is 15.5. The summed E-state index contributed by atoms with van der Waals surface area (Å²) in [5.74, 6) is -0.163. The Balaban J connectivity index is 0.000000550. The van der Waals surface area contributed by atoms with E-state index in [1.54, 1.807) is 11.9 Å². The highest BCUT2D eigenvalue weighted by Crippen LogP contribution is 2.05. The highest BCUT2D eigenvalue weighted by molar-refractivity contribution is 5.87. The zero-order valence-electron chi connectivity index (χ0n) is 15.5. The van der Waals surface area contributed by atoms with Gasteiger partial charge in [0.2, 0.25) is 11.8 Å². The van der Waals surface area contributed by atoms with Crippen molar-refractivity contribution in [1.82, 2.24) is 15.5 Å². The Kier molecular flexibility index (Phi) is 10.5. The van der Waals surface area contributed by atoms with Gasteiger partial charge in [0.15, 0.2) is 0 Å². The zero-order chi connectivity index (χ0) is 18.5. The van der Waals surface area contributed by atoms with E-state index >= 15 is 0 Å². The number of hydrogen-bond donors (Lipinski definition) is 3. The molecule has 1 saturated heterocycles. The van der Waals surface area contributed by atoms with E-state index in [2.05, 4.69) is 17.6 Å². The first kappa shape index (κ1) is 21.1. The van der Waals surface area contributed by atoms with Gasteiger partial charge >= 0.3 is 0 Å². The first-order chi connectivity index (χ1) is 12.1. The summed E-state index contributed by atoms with van der Waals surface area (Å²) < 4.78 is 0. The van der Waals surface area contributed by atoms with Crippen LogP contribution in [-0.4, -0.2) is 49.4 Å². The first-order valence-corrected chi connectivity index (χ1v) is 9.07. The number of benzene rings is 1. The van der Waals surface area contributed by atoms with Crippen molar-refractivity contribution in [1.29, 1.82) is 0 Å². The summed E-state index contributed by atoms with van der Waals surface area (Å²) in [5, 5.41) is 5.81. The fourth-order valence-corrected chi connectivity index (χ4v) is 2.48. The van der Waals surface area contributed by atoms with Gasteiger partial charge in [0, 0.05) is 13.6 Å². The lowest BCUT2D eigenvalue weighted by Gasteiger charge is -2.18. The third-order valence-corrected chi connectivity index (χ3v) is 4.04. The second-order valence-electron chi connectivity index (χ2n) is 6.24. The van der Waals surface area contributed by atoms with Gasteiger partial charge in [-0.1, -0.05) is 43.7 Å². The highest BCUT2D eigenvalue weighted by atomic mass is 16.2. The maximum Gasteiger partial charge on any atom is 0.242 e. The van der Waals surface area contributed by atoms with E-state index in [-0.39, 0.29) is 24.4 Å². The van der Waals surface area contributed by atoms with Crippen LogP contribution in [0.15, 0.2) is 30.3 Å². The molecule has 4 N–H and O–H groups in total. The van der Waals surface area contributed by atoms with Crippen LogP contribution in [0.5, 0.6) is 0 Å². The van der Waals surface area contributed by atoms with Gasteiger partial charge in [-0.25, -0.2) is 0 Å². The number of unbranched alkanes of at least 4 members (excludes halogenated alkanes) is 1. The summed E-state index contributed by atoms with van der Waals surface area (Å²) in [6, 6.07) is 9.65. The Morgan fingerprint density at radius 3 is 2.56 bits per heavy atom. The van der Waals surface area contributed by atoms with Gasteiger partial charge in [-0.15, -0.1) is 0 Å². The summed E-state index contributed by atoms with van der Waals surface area (Å²) in [5.41, 5.74) is 6.22. The van der Waals surface area contributed by atoms with Gasteiger partial charge in [0.1, 0.15) is 0 Å². The van der Waals surface area contributed by atoms with E-state index in [0.29, 0.717) is 6.54 Å². The Hall–Kier alpha value is -1.92. The molecule has 0 bridgehead atoms. The van der Waals surface area contributed by atoms with Crippen molar-refractivity contribution < 1.29 is 9.59 Å². The number of nitrogens with zero attached hydrogens (tertiary/aromatic N) is 1. The Labute approximate surface area is 151 Å². The van der Waals surface area contributed by atoms with Gasteiger partial charge in [0.25, 0.3) is 0 Å². The fourth-order valence-electron chi connectivity index (χ4n) is 2.48. The molecule has 0 aliphatic carbocycles. The molecule has 1 aliphatic heterocycles. The second-order valence-corrected chi connectivity index (χ2v) is 6.24. The first-order valence-electron chi connectivity index (χ1n) is 9.07. The summed E-state index contributed by atoms with van der Waals surface area (Å²) in [6.45, 7) is 4.46. The number of hydrogen-bond acceptors (Lipinski definition) is 4. The Morgan fingerprint density at radius 2 is 2.04 bits per heavy atom. The average Bonchev–Trinajstić information content (AvgIpc) is 3.16. The van der Waals surface area contributed by atoms with Crippen LogP contribution < -0.4 is 16.4 Å². The molecule has 1 heterocycles. The molecule has 1 aliphatic rings. The standard InChI is InChI=1S/C15H21N3O2.C4H11N/c1-18(11-12-6-3-2-4-7-12)14(19)10-17-15(20)13-8-5-9-16-13;1-2-3-4-5/h2-4,6-7,13,16H,5,8-11H2,1H3,(H,17,20);2-5H2,1H3. The van der Waals surface area contributed by atoms with E-state index in [0.717, 1.165) is 31.5 Å². The van der Waals surface area contributed by atoms with Crippen LogP contribution in [0.3, 0.4) is 0 Å². The molecule has 1 unspecified atom stereocenters. The lowest BCUT2D eigenvalue weighted by Crippen LogP contribution is -2.44. The van der Waals surface area contributed by atoms with Crippen molar-refractivity contribution in [2.45, 2.75) is 45.2 Å². The molecule has 1 atom stereocenters. The third kappa shape index (κ3) is 8.65. The minimum absolute atomic E-state index is 0.0559. The maximum atomic E-state index is 12.0. The van der Waals surface area contributed by atoms with Crippen molar-refractivity contribution in [3.63, 3.8) is 0 Å². The van der Waals surface area contributed by atoms with E-state index in [1.165, 1.54) is 12.8 Å². The van der Waals surface area contributed by atoms with E-state index in [9.17, 15) is 9.59 Å². The predicted molar refractivity (Wildman–Crippen MR) is 101 cm³/mol. The molecule has 1 fully saturated rings. The van der Waals surface area contributed by atoms with E-state index in [4.69, 9.17) is 5.73 Å². The molecule has 6 nitrogen and oxygen atoms in total. The van der Waals surface area contributed by atoms with Crippen LogP contribution in [-0.2, 0) is 16.1 Å². The SMILES string of the molecule is CCCCN.CN(Cc1ccccc1)C(=O)CNC(=O)C1CCCN1. The van der Waals surface area contributed by atoms with Crippen molar-refractivity contribution in [2.24, 2.45) is 5.73 Å². The molecular formula is C19H32N4O2. The molecule has 0 saturated carbocycles. The third-order valence-electron chi connectivity index (χ3n) is 4.04. The fraction of sp³-hybridized carbons (Fsp3) is 0.579. The van der Waals surface area contributed by atoms with Crippen LogP contribution in [0.25, 0.3) is 0 Å². The summed E-state index contributed by atoms with van der Waals surface area (Å²) >= 11 is 0. The molecule has 0 spiro atoms. The lowest BCUT2D eigenvalue weighted by atomic mass is 10.2. The molecule has 140 valence electrons. The normalized spacial score (nSPS) is 15.9. The van der Waals surface area contributed by atoms with E-state index < -0.39 is 0 Å². The number of nitrogens with one attached hydrogen (secondary N) is 2. The van der Waals surface area contributed by atoms with Crippen molar-refractivity contribution in [2.75, 3.05) is 26.7 Å². The summed E-state index contributed by atoms with van der Waals surface area (Å²) in [6.07, 6.45) is 4.25. The van der Waals surface area contributed by atoms with Crippen LogP contribution in [0, 0.1) is 0 Å². The molecule has 6 heteroatoms. The number of rotatable bonds is 7. The average molecular weight is 348 g/mol. The molecule has 2 amide bonds. The van der Waals surface area contributed by atoms with Crippen molar-refractivity contribution in [3.05, 3.63) is 35.9 Å². The number of carbonyl (C=O) groups is 2. The lowest BCUT2D eigenvalue weighted by molar-refractivity contribution is -0.132. The molecular weight excluding hydrogens is 316 g/mol. The van der Waals surface area contributed by atoms with E-state index in [1.807, 2.05) is 30.3 Å². The van der Waals surface area contributed by atoms with Gasteiger partial charge in [-0.3, -0.25) is 9.59 Å². The molecule has 25 heavy (non-hydrogen) atoms. The maximum absolute atomic E-state index is 12.0. The largest absolute Gasteiger partial charge is 0.346 e. The number of likely N-dealkylation sites (N-methyl/N-ethyl adjacent to an activating group) is 1. The molecule has 1 aromatic carbocycles. The quantitative estimate of drug-likeness (QED) is 0.692. The number of amides is 2. The molecule has 2 rings (SSSR count). The van der Waals surface area contributed by atoms with Crippen molar-refractivity contribution >= 4 is 11.8 Å². The molecule has 0 aromatic heterocycles. The summed E-state index contributed by atoms with van der Waals surface area (Å²) in [7, 11) is 1.75. The Bertz CT molecular complexity index is 499. The monoisotopic (exact) mass is 348 g/mol. The summed E-state index contributed by atoms with van der Waals surface area (Å²) in [4.78, 5) is 25.4. The Morgan fingerprint density at radius 1 is 1.32 bits per heavy atom. The van der Waals surface area contributed by atoms with Gasteiger partial charge in [-0.2, -0.15) is 0 Å². The highest BCUT2D eigenvalue weighted by Gasteiger charge is 2.22. The minimum atomic E-state index is -0.137. The van der Waals surface area contributed by atoms with Crippen LogP contribution in [0.4, 0.5) is 0 Å². The van der Waals surface area contributed by atoms with Gasteiger partial charge in [-0.05, 0) is 37.9 Å². The number of carbonyl (C=O) groups excluding carboxylic acids is 2. The smallest absolute Gasteiger partial charge is 0.242 e. The topological polar surface area (TPSA) is 87.5 Å². The molecule has 0 radical (unpaired) electrons. The van der Waals surface area contributed by atoms with Gasteiger partial charge < -0.3 is 21.3 Å². The van der Waals surface area contributed by atoms with Crippen LogP contribution in [0.1, 0.15) is 38.2 Å². The minimum Gasteiger partial charge on any atom is -0.346 e. The van der Waals surface area contributed by atoms with Crippen molar-refractivity contribution in [3.8, 4) is 0 Å². The van der Waals surface area contributed by atoms with Gasteiger partial charge in [0.05, 0.1) is 12.6 Å². The van der Waals surface area contributed by atoms with Crippen LogP contribution >= 0.6 is 0 Å². The number of nitrogens with two attached hydrogens (primary N) is 1. The molecule has 1 aromatic rings. The predicted octanol–water partition coefficient (Wildman–Crippen LogP) is 1.26. The second kappa shape index (κ2) is 12.4.